The van der Waals surface area contributed by atoms with Crippen LogP contribution in [0.1, 0.15) is 40.7 Å². The van der Waals surface area contributed by atoms with E-state index in [2.05, 4.69) is 15.2 Å². The molecular weight excluding hydrogens is 422 g/mol. The monoisotopic (exact) mass is 445 g/mol. The number of hydrogen-bond acceptors (Lipinski definition) is 9. The van der Waals surface area contributed by atoms with E-state index in [1.807, 2.05) is 39.0 Å². The van der Waals surface area contributed by atoms with Gasteiger partial charge in [0.25, 0.3) is 16.7 Å². The number of ether oxygens (including phenoxy) is 1. The number of nitrogens with two attached hydrogens (primary N) is 1. The minimum Gasteiger partial charge on any atom is -0.484 e. The van der Waals surface area contributed by atoms with Crippen molar-refractivity contribution in [2.24, 2.45) is 0 Å². The highest BCUT2D eigenvalue weighted by Crippen LogP contribution is 2.22. The van der Waals surface area contributed by atoms with Crippen LogP contribution in [-0.4, -0.2) is 31.3 Å². The van der Waals surface area contributed by atoms with Gasteiger partial charge in [0.05, 0.1) is 5.75 Å². The summed E-state index contributed by atoms with van der Waals surface area (Å²) in [5, 5.41) is 7.95. The topological polar surface area (TPSA) is 146 Å². The van der Waals surface area contributed by atoms with Crippen molar-refractivity contribution in [1.82, 2.24) is 19.7 Å². The summed E-state index contributed by atoms with van der Waals surface area (Å²) in [6, 6.07) is 5.87. The number of nitrogens with one attached hydrogen (secondary N) is 1. The Kier molecular flexibility index (Phi) is 6.95. The molecule has 0 aliphatic heterocycles. The molecule has 0 spiro atoms. The summed E-state index contributed by atoms with van der Waals surface area (Å²) < 4.78 is 12.4. The standard InChI is InChI=1S/C20H23N5O5S/c1-4-7-25-17(21)16(18(27)22-19(25)28)13(26)10-31-20-24-23-15(30-20)9-29-14-8-11(2)5-6-12(14)3/h5-6,8H,4,7,9-10,21H2,1-3H3,(H,22,27,28). The maximum Gasteiger partial charge on any atom is 0.329 e. The molecule has 0 amide bonds. The smallest absolute Gasteiger partial charge is 0.329 e. The van der Waals surface area contributed by atoms with Gasteiger partial charge in [-0.05, 0) is 37.5 Å². The summed E-state index contributed by atoms with van der Waals surface area (Å²) >= 11 is 0.971. The molecule has 11 heteroatoms. The first-order chi connectivity index (χ1) is 14.8. The van der Waals surface area contributed by atoms with E-state index in [0.717, 1.165) is 28.6 Å². The van der Waals surface area contributed by atoms with Gasteiger partial charge in [0.1, 0.15) is 17.1 Å². The van der Waals surface area contributed by atoms with E-state index in [-0.39, 0.29) is 34.9 Å². The number of aromatic amines is 1. The number of Topliss-reactive ketones (excluding diaryl/α,β-unsaturated/α-hetero) is 1. The van der Waals surface area contributed by atoms with Crippen molar-refractivity contribution in [1.29, 1.82) is 0 Å². The zero-order valence-electron chi connectivity index (χ0n) is 17.4. The fraction of sp³-hybridized carbons (Fsp3) is 0.350. The SMILES string of the molecule is CCCn1c(N)c(C(=O)CSc2nnc(COc3cc(C)ccc3C)o2)c(=O)[nH]c1=O. The van der Waals surface area contributed by atoms with Crippen molar-refractivity contribution in [3.8, 4) is 5.75 Å². The van der Waals surface area contributed by atoms with Crippen molar-refractivity contribution in [2.45, 2.75) is 45.6 Å². The van der Waals surface area contributed by atoms with E-state index in [1.165, 1.54) is 4.57 Å². The largest absolute Gasteiger partial charge is 0.484 e. The number of thioether (sulfide) groups is 1. The number of rotatable bonds is 9. The molecule has 0 aliphatic rings. The Bertz CT molecular complexity index is 1210. The molecule has 0 saturated carbocycles. The summed E-state index contributed by atoms with van der Waals surface area (Å²) in [4.78, 5) is 38.7. The highest BCUT2D eigenvalue weighted by Gasteiger charge is 2.20. The van der Waals surface area contributed by atoms with Crippen LogP contribution >= 0.6 is 11.8 Å². The fourth-order valence-electron chi connectivity index (χ4n) is 2.86. The highest BCUT2D eigenvalue weighted by atomic mass is 32.2. The number of carbonyl (C=O) groups is 1. The number of nitrogens with zero attached hydrogens (tertiary/aromatic N) is 3. The van der Waals surface area contributed by atoms with Crippen molar-refractivity contribution in [3.63, 3.8) is 0 Å². The second-order valence-electron chi connectivity index (χ2n) is 6.90. The van der Waals surface area contributed by atoms with Crippen LogP contribution < -0.4 is 21.7 Å². The second-order valence-corrected chi connectivity index (χ2v) is 7.83. The van der Waals surface area contributed by atoms with Gasteiger partial charge in [-0.25, -0.2) is 4.79 Å². The lowest BCUT2D eigenvalue weighted by molar-refractivity contribution is 0.102. The minimum absolute atomic E-state index is 0.0837. The number of anilines is 1. The van der Waals surface area contributed by atoms with Crippen LogP contribution in [0.4, 0.5) is 5.82 Å². The van der Waals surface area contributed by atoms with Crippen molar-refractivity contribution in [2.75, 3.05) is 11.5 Å². The van der Waals surface area contributed by atoms with E-state index in [4.69, 9.17) is 14.9 Å². The Morgan fingerprint density at radius 3 is 2.81 bits per heavy atom. The average Bonchev–Trinajstić information content (AvgIpc) is 3.18. The Hall–Kier alpha value is -3.34. The van der Waals surface area contributed by atoms with Gasteiger partial charge in [0, 0.05) is 6.54 Å². The predicted octanol–water partition coefficient (Wildman–Crippen LogP) is 2.08. The van der Waals surface area contributed by atoms with Gasteiger partial charge in [-0.3, -0.25) is 19.1 Å². The van der Waals surface area contributed by atoms with Gasteiger partial charge < -0.3 is 14.9 Å². The number of ketones is 1. The molecule has 1 aromatic carbocycles. The fourth-order valence-corrected chi connectivity index (χ4v) is 3.51. The normalized spacial score (nSPS) is 10.9. The first kappa shape index (κ1) is 22.3. The molecule has 10 nitrogen and oxygen atoms in total. The first-order valence-electron chi connectivity index (χ1n) is 9.61. The summed E-state index contributed by atoms with van der Waals surface area (Å²) in [5.41, 5.74) is 6.26. The number of benzene rings is 1. The van der Waals surface area contributed by atoms with Crippen LogP contribution in [-0.2, 0) is 13.2 Å². The Morgan fingerprint density at radius 1 is 1.29 bits per heavy atom. The van der Waals surface area contributed by atoms with Gasteiger partial charge in [-0.2, -0.15) is 0 Å². The summed E-state index contributed by atoms with van der Waals surface area (Å²) in [5.74, 6) is 0.135. The molecule has 0 radical (unpaired) electrons. The number of hydrogen-bond donors (Lipinski definition) is 2. The number of carbonyl (C=O) groups excluding carboxylic acids is 1. The van der Waals surface area contributed by atoms with Crippen LogP contribution in [0, 0.1) is 13.8 Å². The molecule has 31 heavy (non-hydrogen) atoms. The Labute approximate surface area is 181 Å². The van der Waals surface area contributed by atoms with Gasteiger partial charge in [-0.1, -0.05) is 30.8 Å². The zero-order valence-corrected chi connectivity index (χ0v) is 18.2. The third-order valence-corrected chi connectivity index (χ3v) is 5.25. The van der Waals surface area contributed by atoms with E-state index in [0.29, 0.717) is 13.0 Å². The van der Waals surface area contributed by atoms with E-state index in [1.54, 1.807) is 0 Å². The molecule has 0 unspecified atom stereocenters. The summed E-state index contributed by atoms with van der Waals surface area (Å²) in [7, 11) is 0. The lowest BCUT2D eigenvalue weighted by Crippen LogP contribution is -2.36. The third kappa shape index (κ3) is 5.23. The summed E-state index contributed by atoms with van der Waals surface area (Å²) in [6.45, 7) is 6.14. The zero-order chi connectivity index (χ0) is 22.5. The van der Waals surface area contributed by atoms with Crippen molar-refractivity contribution in [3.05, 3.63) is 61.6 Å². The minimum atomic E-state index is -0.811. The maximum atomic E-state index is 12.6. The van der Waals surface area contributed by atoms with Gasteiger partial charge in [0.15, 0.2) is 12.4 Å². The number of aromatic nitrogens is 4. The Balaban J connectivity index is 1.65. The lowest BCUT2D eigenvalue weighted by Gasteiger charge is -2.10. The molecule has 0 atom stereocenters. The number of aryl methyl sites for hydroxylation is 2. The molecule has 3 rings (SSSR count). The van der Waals surface area contributed by atoms with Crippen LogP contribution in [0.5, 0.6) is 5.75 Å². The molecule has 3 aromatic rings. The van der Waals surface area contributed by atoms with E-state index in [9.17, 15) is 14.4 Å². The molecular formula is C20H23N5O5S. The van der Waals surface area contributed by atoms with E-state index >= 15 is 0 Å². The molecule has 0 saturated heterocycles. The van der Waals surface area contributed by atoms with Gasteiger partial charge in [-0.15, -0.1) is 10.2 Å². The first-order valence-corrected chi connectivity index (χ1v) is 10.6. The quantitative estimate of drug-likeness (QED) is 0.373. The predicted molar refractivity (Wildman–Crippen MR) is 116 cm³/mol. The summed E-state index contributed by atoms with van der Waals surface area (Å²) in [6.07, 6.45) is 0.618. The second kappa shape index (κ2) is 9.65. The maximum absolute atomic E-state index is 12.6. The van der Waals surface area contributed by atoms with Gasteiger partial charge >= 0.3 is 5.69 Å². The molecule has 2 aromatic heterocycles. The van der Waals surface area contributed by atoms with Gasteiger partial charge in [0.2, 0.25) is 0 Å². The molecule has 2 heterocycles. The molecule has 0 fully saturated rings. The van der Waals surface area contributed by atoms with E-state index < -0.39 is 17.0 Å². The van der Waals surface area contributed by atoms with Crippen LogP contribution in [0.3, 0.4) is 0 Å². The number of H-pyrrole nitrogens is 1. The molecule has 0 aliphatic carbocycles. The van der Waals surface area contributed by atoms with Crippen LogP contribution in [0.25, 0.3) is 0 Å². The molecule has 3 N–H and O–H groups in total. The lowest BCUT2D eigenvalue weighted by atomic mass is 10.1. The van der Waals surface area contributed by atoms with Crippen molar-refractivity contribution < 1.29 is 13.9 Å². The van der Waals surface area contributed by atoms with Crippen LogP contribution in [0.2, 0.25) is 0 Å². The van der Waals surface area contributed by atoms with Crippen LogP contribution in [0.15, 0.2) is 37.4 Å². The molecule has 0 bridgehead atoms. The van der Waals surface area contributed by atoms with Crippen molar-refractivity contribution >= 4 is 23.4 Å². The average molecular weight is 446 g/mol. The number of nitrogen functional groups attached to an aromatic ring is 1. The Morgan fingerprint density at radius 2 is 2.06 bits per heavy atom. The highest BCUT2D eigenvalue weighted by molar-refractivity contribution is 7.99. The molecule has 164 valence electrons. The third-order valence-electron chi connectivity index (χ3n) is 4.44.